The average molecular weight is 482 g/mol. The Labute approximate surface area is 103 Å². The van der Waals surface area contributed by atoms with Gasteiger partial charge >= 0.3 is 31.1 Å². The molecular formula is C7H5IN2U. The Hall–Kier alpha value is 0.472. The van der Waals surface area contributed by atoms with Crippen molar-refractivity contribution >= 4 is 34.5 Å². The zero-order chi connectivity index (χ0) is 7.56. The quantitative estimate of drug-likeness (QED) is 0.375. The molecule has 0 amide bonds. The van der Waals surface area contributed by atoms with Gasteiger partial charge in [0.2, 0.25) is 0 Å². The van der Waals surface area contributed by atoms with E-state index in [1.54, 1.807) is 6.07 Å². The molecule has 54 valence electrons. The molecule has 11 heavy (non-hydrogen) atoms. The van der Waals surface area contributed by atoms with Gasteiger partial charge in [-0.2, -0.15) is 0 Å². The second-order valence-corrected chi connectivity index (χ2v) is 2.79. The van der Waals surface area contributed by atoms with E-state index in [0.717, 1.165) is 3.70 Å². The van der Waals surface area contributed by atoms with Crippen LogP contribution in [0.3, 0.4) is 0 Å². The molecule has 0 aromatic carbocycles. The first-order chi connectivity index (χ1) is 4.74. The molecule has 0 aliphatic heterocycles. The summed E-state index contributed by atoms with van der Waals surface area (Å²) >= 11 is 2.06. The van der Waals surface area contributed by atoms with Gasteiger partial charge in [-0.3, -0.25) is 5.56 Å². The average Bonchev–Trinajstić information content (AvgIpc) is 1.88. The molecule has 0 atom stereocenters. The van der Waals surface area contributed by atoms with Crippen molar-refractivity contribution in [3.8, 4) is 0 Å². The molecule has 0 aliphatic rings. The Morgan fingerprint density at radius 3 is 2.82 bits per heavy atom. The number of rotatable bonds is 1. The van der Waals surface area contributed by atoms with Gasteiger partial charge in [-0.1, -0.05) is 22.6 Å². The van der Waals surface area contributed by atoms with Gasteiger partial charge in [0.15, 0.2) is 0 Å². The van der Waals surface area contributed by atoms with E-state index in [-0.39, 0.29) is 31.1 Å². The molecule has 4 heteroatoms. The molecule has 1 aromatic rings. The topological polar surface area (TPSA) is 38.9 Å². The Morgan fingerprint density at radius 2 is 2.36 bits per heavy atom. The number of nitrogens with two attached hydrogens (primary N) is 1. The molecule has 0 unspecified atom stereocenters. The van der Waals surface area contributed by atoms with Crippen LogP contribution in [0.2, 0.25) is 0 Å². The van der Waals surface area contributed by atoms with E-state index in [9.17, 15) is 0 Å². The Bertz CT molecular complexity index is 263. The van der Waals surface area contributed by atoms with Crippen LogP contribution in [0.4, 0.5) is 5.82 Å². The fraction of sp³-hybridized carbons (Fsp3) is 0. The summed E-state index contributed by atoms with van der Waals surface area (Å²) in [5.74, 6) is 0.425. The normalized spacial score (nSPS) is 8.45. The van der Waals surface area contributed by atoms with Crippen LogP contribution >= 0.6 is 22.6 Å². The van der Waals surface area contributed by atoms with Crippen molar-refractivity contribution < 1.29 is 31.1 Å². The first-order valence-corrected chi connectivity index (χ1v) is 3.70. The van der Waals surface area contributed by atoms with Crippen LogP contribution in [0.5, 0.6) is 0 Å². The number of pyridine rings is 1. The monoisotopic (exact) mass is 482 g/mol. The maximum Gasteiger partial charge on any atom is 2.00 e. The number of hydrogen-bond acceptors (Lipinski definition) is 2. The summed E-state index contributed by atoms with van der Waals surface area (Å²) in [4.78, 5) is 3.97. The Kier molecular flexibility index (Phi) is 5.40. The zero-order valence-corrected chi connectivity index (χ0v) is 12.0. The third-order valence-corrected chi connectivity index (χ3v) is 1.57. The number of anilines is 1. The van der Waals surface area contributed by atoms with E-state index >= 15 is 0 Å². The molecule has 1 aromatic heterocycles. The fourth-order valence-corrected chi connectivity index (χ4v) is 0.968. The number of nitrogens with zero attached hydrogens (tertiary/aromatic N) is 1. The SMILES string of the molecule is [CH-]=Cc1[c-]cc(I)nc1N.[U+2]. The molecule has 0 saturated heterocycles. The molecule has 0 fully saturated rings. The van der Waals surface area contributed by atoms with E-state index in [4.69, 9.17) is 12.3 Å². The van der Waals surface area contributed by atoms with Gasteiger partial charge in [0.1, 0.15) is 0 Å². The van der Waals surface area contributed by atoms with Crippen LogP contribution in [-0.2, 0) is 0 Å². The second kappa shape index (κ2) is 5.18. The van der Waals surface area contributed by atoms with Crippen LogP contribution in [0, 0.1) is 47.5 Å². The van der Waals surface area contributed by atoms with E-state index in [2.05, 4.69) is 33.6 Å². The molecule has 0 saturated carbocycles. The summed E-state index contributed by atoms with van der Waals surface area (Å²) in [5, 5.41) is 0. The minimum atomic E-state index is 0. The van der Waals surface area contributed by atoms with Crippen molar-refractivity contribution in [2.75, 3.05) is 5.73 Å². The molecule has 0 radical (unpaired) electrons. The van der Waals surface area contributed by atoms with Gasteiger partial charge in [-0.15, -0.1) is 6.07 Å². The number of aromatic nitrogens is 1. The van der Waals surface area contributed by atoms with Crippen molar-refractivity contribution in [2.24, 2.45) is 0 Å². The van der Waals surface area contributed by atoms with Crippen LogP contribution in [0.1, 0.15) is 5.56 Å². The van der Waals surface area contributed by atoms with Crippen LogP contribution in [0.25, 0.3) is 6.08 Å². The predicted molar refractivity (Wildman–Crippen MR) is 49.0 cm³/mol. The van der Waals surface area contributed by atoms with Crippen molar-refractivity contribution in [3.63, 3.8) is 0 Å². The van der Waals surface area contributed by atoms with Gasteiger partial charge in [0.05, 0.1) is 0 Å². The van der Waals surface area contributed by atoms with Crippen molar-refractivity contribution in [3.05, 3.63) is 28.0 Å². The maximum absolute atomic E-state index is 5.47. The summed E-state index contributed by atoms with van der Waals surface area (Å²) in [5.41, 5.74) is 6.13. The minimum Gasteiger partial charge on any atom is -0.437 e. The first-order valence-electron chi connectivity index (χ1n) is 2.62. The minimum absolute atomic E-state index is 0. The first kappa shape index (κ1) is 11.5. The van der Waals surface area contributed by atoms with Crippen molar-refractivity contribution in [1.82, 2.24) is 4.98 Å². The molecule has 0 aliphatic carbocycles. The summed E-state index contributed by atoms with van der Waals surface area (Å²) in [6, 6.07) is 4.61. The van der Waals surface area contributed by atoms with Gasteiger partial charge in [-0.05, 0) is 5.82 Å². The molecule has 2 nitrogen and oxygen atoms in total. The van der Waals surface area contributed by atoms with E-state index in [1.807, 2.05) is 0 Å². The number of nitrogen functional groups attached to an aromatic ring is 1. The summed E-state index contributed by atoms with van der Waals surface area (Å²) in [7, 11) is 0. The Balaban J connectivity index is 0.000001000. The van der Waals surface area contributed by atoms with Gasteiger partial charge in [0, 0.05) is 3.70 Å². The van der Waals surface area contributed by atoms with E-state index in [0.29, 0.717) is 11.4 Å². The number of hydrogen-bond donors (Lipinski definition) is 1. The van der Waals surface area contributed by atoms with E-state index in [1.165, 1.54) is 6.08 Å². The van der Waals surface area contributed by atoms with Gasteiger partial charge in [0.25, 0.3) is 0 Å². The maximum atomic E-state index is 5.47. The molecular weight excluding hydrogens is 477 g/mol. The summed E-state index contributed by atoms with van der Waals surface area (Å²) in [6.07, 6.45) is 1.39. The predicted octanol–water partition coefficient (Wildman–Crippen LogP) is 1.51. The molecule has 0 bridgehead atoms. The Morgan fingerprint density at radius 1 is 1.73 bits per heavy atom. The van der Waals surface area contributed by atoms with Gasteiger partial charge in [-0.25, -0.2) is 6.07 Å². The molecule has 2 N–H and O–H groups in total. The van der Waals surface area contributed by atoms with E-state index < -0.39 is 0 Å². The fourth-order valence-electron chi connectivity index (χ4n) is 0.552. The third kappa shape index (κ3) is 3.14. The zero-order valence-electron chi connectivity index (χ0n) is 5.63. The largest absolute Gasteiger partial charge is 2.00 e. The van der Waals surface area contributed by atoms with Crippen molar-refractivity contribution in [1.29, 1.82) is 0 Å². The van der Waals surface area contributed by atoms with Crippen LogP contribution in [-0.4, -0.2) is 4.98 Å². The molecule has 1 heterocycles. The van der Waals surface area contributed by atoms with Crippen molar-refractivity contribution in [2.45, 2.75) is 0 Å². The second-order valence-electron chi connectivity index (χ2n) is 1.69. The van der Waals surface area contributed by atoms with Crippen LogP contribution in [0.15, 0.2) is 6.07 Å². The molecule has 1 rings (SSSR count). The summed E-state index contributed by atoms with van der Waals surface area (Å²) in [6.45, 7) is 5.22. The number of halogens is 1. The summed E-state index contributed by atoms with van der Waals surface area (Å²) < 4.78 is 0.820. The molecule has 0 spiro atoms. The standard InChI is InChI=1S/C7H5IN2.U/c1-2-5-3-4-6(8)10-7(5)9;/h1-2,4H,(H2,9,10);/q-2;+2. The van der Waals surface area contributed by atoms with Gasteiger partial charge < -0.3 is 23.4 Å². The van der Waals surface area contributed by atoms with Crippen LogP contribution < -0.4 is 5.73 Å². The third-order valence-electron chi connectivity index (χ3n) is 1.02. The smallest absolute Gasteiger partial charge is 0.437 e.